The second-order valence-corrected chi connectivity index (χ2v) is 3.59. The summed E-state index contributed by atoms with van der Waals surface area (Å²) in [6.07, 6.45) is 4.85. The van der Waals surface area contributed by atoms with Gasteiger partial charge in [-0.3, -0.25) is 4.79 Å². The van der Waals surface area contributed by atoms with Gasteiger partial charge in [-0.15, -0.1) is 0 Å². The summed E-state index contributed by atoms with van der Waals surface area (Å²) in [4.78, 5) is 21.5. The van der Waals surface area contributed by atoms with E-state index in [1.54, 1.807) is 12.4 Å². The number of piperidine rings is 1. The van der Waals surface area contributed by atoms with Gasteiger partial charge in [-0.1, -0.05) is 0 Å². The Morgan fingerprint density at radius 2 is 1.79 bits per heavy atom. The lowest BCUT2D eigenvalue weighted by atomic mass is 10.1. The van der Waals surface area contributed by atoms with Gasteiger partial charge in [-0.05, 0) is 12.5 Å². The lowest BCUT2D eigenvalue weighted by molar-refractivity contribution is -0.119. The first kappa shape index (κ1) is 9.12. The van der Waals surface area contributed by atoms with Crippen LogP contribution in [0.3, 0.4) is 0 Å². The first-order chi connectivity index (χ1) is 6.75. The summed E-state index contributed by atoms with van der Waals surface area (Å²) in [7, 11) is 0. The van der Waals surface area contributed by atoms with Crippen molar-refractivity contribution >= 4 is 11.7 Å². The van der Waals surface area contributed by atoms with Crippen LogP contribution in [-0.4, -0.2) is 28.8 Å². The zero-order chi connectivity index (χ0) is 9.97. The fraction of sp³-hybridized carbons (Fsp3) is 0.500. The maximum atomic E-state index is 11.0. The molecule has 74 valence electrons. The highest BCUT2D eigenvalue weighted by Gasteiger charge is 2.17. The average Bonchev–Trinajstić information content (AvgIpc) is 2.21. The zero-order valence-electron chi connectivity index (χ0n) is 8.23. The monoisotopic (exact) mass is 191 g/mol. The molecule has 14 heavy (non-hydrogen) atoms. The lowest BCUT2D eigenvalue weighted by Crippen LogP contribution is -2.34. The number of ketones is 1. The van der Waals surface area contributed by atoms with E-state index in [0.717, 1.165) is 24.6 Å². The number of anilines is 1. The molecular weight excluding hydrogens is 178 g/mol. The van der Waals surface area contributed by atoms with Crippen LogP contribution < -0.4 is 4.90 Å². The second kappa shape index (κ2) is 3.74. The molecule has 1 aliphatic heterocycles. The van der Waals surface area contributed by atoms with Crippen molar-refractivity contribution in [3.63, 3.8) is 0 Å². The third kappa shape index (κ3) is 1.89. The fourth-order valence-corrected chi connectivity index (χ4v) is 1.51. The Balaban J connectivity index is 2.08. The Morgan fingerprint density at radius 3 is 2.36 bits per heavy atom. The minimum Gasteiger partial charge on any atom is -0.340 e. The second-order valence-electron chi connectivity index (χ2n) is 3.59. The van der Waals surface area contributed by atoms with Crippen LogP contribution in [0.4, 0.5) is 5.95 Å². The molecule has 0 spiro atoms. The predicted octanol–water partition coefficient (Wildman–Crippen LogP) is 0.954. The maximum absolute atomic E-state index is 11.0. The Morgan fingerprint density at radius 1 is 1.21 bits per heavy atom. The summed E-state index contributed by atoms with van der Waals surface area (Å²) in [6.45, 7) is 3.47. The Labute approximate surface area is 83.0 Å². The molecule has 2 rings (SSSR count). The number of carbonyl (C=O) groups excluding carboxylic acids is 1. The van der Waals surface area contributed by atoms with Crippen LogP contribution >= 0.6 is 0 Å². The number of aromatic nitrogens is 2. The smallest absolute Gasteiger partial charge is 0.225 e. The first-order valence-corrected chi connectivity index (χ1v) is 4.81. The molecule has 0 saturated carbocycles. The molecule has 0 atom stereocenters. The van der Waals surface area contributed by atoms with Crippen molar-refractivity contribution in [1.82, 2.24) is 9.97 Å². The van der Waals surface area contributed by atoms with Gasteiger partial charge < -0.3 is 4.90 Å². The number of Topliss-reactive ketones (excluding diaryl/α,β-unsaturated/α-hetero) is 1. The number of aryl methyl sites for hydroxylation is 1. The van der Waals surface area contributed by atoms with Crippen molar-refractivity contribution in [3.8, 4) is 0 Å². The predicted molar refractivity (Wildman–Crippen MR) is 53.2 cm³/mol. The van der Waals surface area contributed by atoms with Crippen LogP contribution in [0.25, 0.3) is 0 Å². The van der Waals surface area contributed by atoms with Crippen molar-refractivity contribution in [2.75, 3.05) is 18.0 Å². The molecule has 0 radical (unpaired) electrons. The first-order valence-electron chi connectivity index (χ1n) is 4.81. The molecule has 0 unspecified atom stereocenters. The molecule has 0 bridgehead atoms. The number of rotatable bonds is 1. The minimum absolute atomic E-state index is 0.341. The topological polar surface area (TPSA) is 46.1 Å². The van der Waals surface area contributed by atoms with Gasteiger partial charge in [0.1, 0.15) is 5.78 Å². The van der Waals surface area contributed by atoms with Crippen LogP contribution in [0.15, 0.2) is 12.4 Å². The fourth-order valence-electron chi connectivity index (χ4n) is 1.51. The lowest BCUT2D eigenvalue weighted by Gasteiger charge is -2.25. The summed E-state index contributed by atoms with van der Waals surface area (Å²) < 4.78 is 0. The molecule has 0 aliphatic carbocycles. The molecule has 1 fully saturated rings. The van der Waals surface area contributed by atoms with Crippen molar-refractivity contribution in [3.05, 3.63) is 18.0 Å². The Hall–Kier alpha value is -1.45. The van der Waals surface area contributed by atoms with Crippen LogP contribution in [0.1, 0.15) is 18.4 Å². The van der Waals surface area contributed by atoms with Gasteiger partial charge in [-0.2, -0.15) is 0 Å². The Kier molecular flexibility index (Phi) is 2.43. The van der Waals surface area contributed by atoms with Gasteiger partial charge in [-0.25, -0.2) is 9.97 Å². The molecule has 0 aromatic carbocycles. The van der Waals surface area contributed by atoms with Gasteiger partial charge in [0.2, 0.25) is 5.95 Å². The maximum Gasteiger partial charge on any atom is 0.225 e. The molecule has 1 saturated heterocycles. The third-order valence-corrected chi connectivity index (χ3v) is 2.37. The molecule has 2 heterocycles. The summed E-state index contributed by atoms with van der Waals surface area (Å²) in [6, 6.07) is 0. The number of carbonyl (C=O) groups is 1. The van der Waals surface area contributed by atoms with E-state index >= 15 is 0 Å². The molecular formula is C10H13N3O. The molecule has 1 aromatic heterocycles. The summed E-state index contributed by atoms with van der Waals surface area (Å²) in [5.41, 5.74) is 1.06. The van der Waals surface area contributed by atoms with Crippen LogP contribution in [0, 0.1) is 6.92 Å². The average molecular weight is 191 g/mol. The summed E-state index contributed by atoms with van der Waals surface area (Å²) in [5.74, 6) is 1.08. The van der Waals surface area contributed by atoms with Gasteiger partial charge in [0.15, 0.2) is 0 Å². The molecule has 4 nitrogen and oxygen atoms in total. The quantitative estimate of drug-likeness (QED) is 0.663. The van der Waals surface area contributed by atoms with E-state index in [-0.39, 0.29) is 0 Å². The van der Waals surface area contributed by atoms with Gasteiger partial charge in [0.05, 0.1) is 0 Å². The standard InChI is InChI=1S/C10H13N3O/c1-8-6-11-10(12-7-8)13-4-2-9(14)3-5-13/h6-7H,2-5H2,1H3. The molecule has 1 aromatic rings. The van der Waals surface area contributed by atoms with Crippen molar-refractivity contribution < 1.29 is 4.79 Å². The van der Waals surface area contributed by atoms with Gasteiger partial charge in [0, 0.05) is 38.3 Å². The van der Waals surface area contributed by atoms with Gasteiger partial charge >= 0.3 is 0 Å². The number of hydrogen-bond acceptors (Lipinski definition) is 4. The summed E-state index contributed by atoms with van der Waals surface area (Å²) >= 11 is 0. The summed E-state index contributed by atoms with van der Waals surface area (Å²) in [5, 5.41) is 0. The highest BCUT2D eigenvalue weighted by molar-refractivity contribution is 5.80. The van der Waals surface area contributed by atoms with E-state index in [1.807, 2.05) is 6.92 Å². The van der Waals surface area contributed by atoms with E-state index in [9.17, 15) is 4.79 Å². The van der Waals surface area contributed by atoms with Gasteiger partial charge in [0.25, 0.3) is 0 Å². The van der Waals surface area contributed by atoms with Crippen molar-refractivity contribution in [2.45, 2.75) is 19.8 Å². The highest BCUT2D eigenvalue weighted by atomic mass is 16.1. The van der Waals surface area contributed by atoms with E-state index < -0.39 is 0 Å². The Bertz CT molecular complexity index is 324. The van der Waals surface area contributed by atoms with E-state index in [4.69, 9.17) is 0 Å². The molecule has 1 aliphatic rings. The number of nitrogens with zero attached hydrogens (tertiary/aromatic N) is 3. The molecule has 0 N–H and O–H groups in total. The number of hydrogen-bond donors (Lipinski definition) is 0. The van der Waals surface area contributed by atoms with Crippen LogP contribution in [0.5, 0.6) is 0 Å². The van der Waals surface area contributed by atoms with E-state index in [0.29, 0.717) is 18.6 Å². The third-order valence-electron chi connectivity index (χ3n) is 2.37. The zero-order valence-corrected chi connectivity index (χ0v) is 8.23. The van der Waals surface area contributed by atoms with E-state index in [2.05, 4.69) is 14.9 Å². The minimum atomic E-state index is 0.341. The highest BCUT2D eigenvalue weighted by Crippen LogP contribution is 2.12. The largest absolute Gasteiger partial charge is 0.340 e. The molecule has 0 amide bonds. The van der Waals surface area contributed by atoms with Crippen molar-refractivity contribution in [1.29, 1.82) is 0 Å². The normalized spacial score (nSPS) is 17.2. The SMILES string of the molecule is Cc1cnc(N2CCC(=O)CC2)nc1. The van der Waals surface area contributed by atoms with Crippen LogP contribution in [-0.2, 0) is 4.79 Å². The van der Waals surface area contributed by atoms with Crippen LogP contribution in [0.2, 0.25) is 0 Å². The van der Waals surface area contributed by atoms with E-state index in [1.165, 1.54) is 0 Å². The van der Waals surface area contributed by atoms with Crippen molar-refractivity contribution in [2.24, 2.45) is 0 Å². The molecule has 4 heteroatoms.